The third-order valence-corrected chi connectivity index (χ3v) is 7.83. The van der Waals surface area contributed by atoms with Gasteiger partial charge in [0.2, 0.25) is 6.10 Å². The fourth-order valence-corrected chi connectivity index (χ4v) is 6.08. The number of esters is 5. The van der Waals surface area contributed by atoms with E-state index in [4.69, 9.17) is 28.4 Å². The van der Waals surface area contributed by atoms with Crippen molar-refractivity contribution in [2.75, 3.05) is 6.61 Å². The number of carbonyl (C=O) groups is 5. The first kappa shape index (κ1) is 32.4. The Kier molecular flexibility index (Phi) is 8.97. The second-order valence-corrected chi connectivity index (χ2v) is 11.2. The molecule has 13 heteroatoms. The molecular formula is C33H35N2O11+. The molecule has 0 radical (unpaired) electrons. The lowest BCUT2D eigenvalue weighted by molar-refractivity contribution is -0.776. The molecule has 5 rings (SSSR count). The molecule has 2 aromatic carbocycles. The first-order valence-corrected chi connectivity index (χ1v) is 14.6. The van der Waals surface area contributed by atoms with E-state index < -0.39 is 60.5 Å². The second-order valence-electron chi connectivity index (χ2n) is 11.2. The zero-order valence-electron chi connectivity index (χ0n) is 26.5. The van der Waals surface area contributed by atoms with Gasteiger partial charge >= 0.3 is 36.1 Å². The van der Waals surface area contributed by atoms with Gasteiger partial charge in [-0.25, -0.2) is 0 Å². The number of carbonyl (C=O) groups excluding carboxylic acids is 5. The van der Waals surface area contributed by atoms with E-state index in [0.29, 0.717) is 5.75 Å². The summed E-state index contributed by atoms with van der Waals surface area (Å²) in [6.45, 7) is 9.73. The Balaban J connectivity index is 1.69. The molecule has 46 heavy (non-hydrogen) atoms. The van der Waals surface area contributed by atoms with Crippen LogP contribution in [0.15, 0.2) is 36.7 Å². The number of hydrogen-bond acceptors (Lipinski definition) is 11. The van der Waals surface area contributed by atoms with Crippen molar-refractivity contribution in [3.63, 3.8) is 0 Å². The van der Waals surface area contributed by atoms with E-state index >= 15 is 0 Å². The fraction of sp³-hybridized carbons (Fsp3) is 0.394. The first-order valence-electron chi connectivity index (χ1n) is 14.6. The Bertz CT molecular complexity index is 1900. The molecule has 0 saturated carbocycles. The summed E-state index contributed by atoms with van der Waals surface area (Å²) >= 11 is 0. The van der Waals surface area contributed by atoms with Crippen LogP contribution in [0.2, 0.25) is 0 Å². The summed E-state index contributed by atoms with van der Waals surface area (Å²) in [4.78, 5) is 63.6. The Morgan fingerprint density at radius 3 is 2.04 bits per heavy atom. The number of ether oxygens (including phenoxy) is 6. The van der Waals surface area contributed by atoms with Gasteiger partial charge in [-0.1, -0.05) is 0 Å². The van der Waals surface area contributed by atoms with Crippen LogP contribution in [-0.4, -0.2) is 65.9 Å². The van der Waals surface area contributed by atoms with E-state index in [2.05, 4.69) is 4.98 Å². The average molecular weight is 636 g/mol. The van der Waals surface area contributed by atoms with Gasteiger partial charge in [-0.15, -0.1) is 0 Å². The van der Waals surface area contributed by atoms with Crippen LogP contribution in [0, 0.1) is 13.8 Å². The van der Waals surface area contributed by atoms with E-state index in [1.54, 1.807) is 16.8 Å². The molecule has 0 unspecified atom stereocenters. The topological polar surface area (TPSA) is 160 Å². The zero-order valence-corrected chi connectivity index (χ0v) is 26.5. The third kappa shape index (κ3) is 6.36. The predicted octanol–water partition coefficient (Wildman–Crippen LogP) is 3.56. The predicted molar refractivity (Wildman–Crippen MR) is 161 cm³/mol. The molecule has 1 fully saturated rings. The number of fused-ring (bicyclic) bond motifs is 4. The van der Waals surface area contributed by atoms with Crippen LogP contribution >= 0.6 is 0 Å². The van der Waals surface area contributed by atoms with Crippen molar-refractivity contribution >= 4 is 62.4 Å². The fourth-order valence-electron chi connectivity index (χ4n) is 6.08. The van der Waals surface area contributed by atoms with Crippen LogP contribution in [-0.2, 0) is 47.7 Å². The lowest BCUT2D eigenvalue weighted by Gasteiger charge is -2.41. The van der Waals surface area contributed by atoms with Crippen LogP contribution in [0.5, 0.6) is 5.75 Å². The van der Waals surface area contributed by atoms with Crippen molar-refractivity contribution in [2.45, 2.75) is 79.1 Å². The summed E-state index contributed by atoms with van der Waals surface area (Å²) < 4.78 is 35.4. The van der Waals surface area contributed by atoms with Gasteiger partial charge in [-0.2, -0.15) is 4.57 Å². The number of hydrogen-bond donors (Lipinski definition) is 1. The van der Waals surface area contributed by atoms with Crippen LogP contribution in [0.4, 0.5) is 0 Å². The molecule has 242 valence electrons. The Hall–Kier alpha value is -5.04. The number of aromatic amines is 1. The summed E-state index contributed by atoms with van der Waals surface area (Å²) in [5.74, 6) is -2.72. The van der Waals surface area contributed by atoms with Gasteiger partial charge < -0.3 is 33.4 Å². The van der Waals surface area contributed by atoms with Gasteiger partial charge in [0, 0.05) is 62.4 Å². The molecule has 0 amide bonds. The molecule has 1 saturated heterocycles. The molecule has 1 aliphatic heterocycles. The molecule has 4 aromatic rings. The van der Waals surface area contributed by atoms with Crippen LogP contribution < -0.4 is 9.30 Å². The van der Waals surface area contributed by atoms with E-state index in [1.165, 1.54) is 34.6 Å². The SMILES string of the molecule is CC(=O)OC[C@@H]1O[C@H]([n+]2ccc3c(C)c4[nH]c5ccc(OC(C)=O)cc5c4c(C)c3c2)[C@@H](OC(C)=O)[C@H](OC(C)=O)[C@@H]1OC(C)=O. The minimum absolute atomic E-state index is 0.332. The highest BCUT2D eigenvalue weighted by molar-refractivity contribution is 6.16. The van der Waals surface area contributed by atoms with Gasteiger partial charge in [0.05, 0.1) is 5.52 Å². The Labute approximate surface area is 263 Å². The van der Waals surface area contributed by atoms with Crippen molar-refractivity contribution in [3.05, 3.63) is 47.8 Å². The van der Waals surface area contributed by atoms with E-state index in [9.17, 15) is 24.0 Å². The highest BCUT2D eigenvalue weighted by Gasteiger charge is 2.56. The Morgan fingerprint density at radius 1 is 0.761 bits per heavy atom. The monoisotopic (exact) mass is 635 g/mol. The molecule has 1 N–H and O–H groups in total. The number of nitrogens with one attached hydrogen (secondary N) is 1. The van der Waals surface area contributed by atoms with Gasteiger partial charge in [-0.3, -0.25) is 24.0 Å². The maximum atomic E-state index is 12.4. The molecule has 3 heterocycles. The van der Waals surface area contributed by atoms with Gasteiger partial charge in [0.25, 0.3) is 0 Å². The van der Waals surface area contributed by atoms with Gasteiger partial charge in [0.1, 0.15) is 18.5 Å². The summed E-state index contributed by atoms with van der Waals surface area (Å²) in [5, 5.41) is 3.55. The van der Waals surface area contributed by atoms with Crippen molar-refractivity contribution in [1.82, 2.24) is 4.98 Å². The summed E-state index contributed by atoms with van der Waals surface area (Å²) in [7, 11) is 0. The highest BCUT2D eigenvalue weighted by atomic mass is 16.7. The molecule has 2 aromatic heterocycles. The minimum atomic E-state index is -1.30. The van der Waals surface area contributed by atoms with E-state index in [-0.39, 0.29) is 6.61 Å². The summed E-state index contributed by atoms with van der Waals surface area (Å²) in [6, 6.07) is 7.28. The average Bonchev–Trinajstić information content (AvgIpc) is 3.35. The number of nitrogens with zero attached hydrogens (tertiary/aromatic N) is 1. The lowest BCUT2D eigenvalue weighted by Crippen LogP contribution is -2.65. The number of benzene rings is 2. The number of pyridine rings is 1. The van der Waals surface area contributed by atoms with Crippen molar-refractivity contribution < 1.29 is 57.0 Å². The lowest BCUT2D eigenvalue weighted by atomic mass is 9.95. The molecule has 0 aliphatic carbocycles. The smallest absolute Gasteiger partial charge is 0.308 e. The molecule has 5 atom stereocenters. The molecule has 0 bridgehead atoms. The van der Waals surface area contributed by atoms with Gasteiger partial charge in [-0.05, 0) is 48.6 Å². The Morgan fingerprint density at radius 2 is 1.41 bits per heavy atom. The van der Waals surface area contributed by atoms with Crippen LogP contribution in [0.3, 0.4) is 0 Å². The third-order valence-electron chi connectivity index (χ3n) is 7.83. The van der Waals surface area contributed by atoms with E-state index in [1.807, 2.05) is 38.2 Å². The molecule has 1 aliphatic rings. The van der Waals surface area contributed by atoms with Gasteiger partial charge in [0.15, 0.2) is 24.6 Å². The number of H-pyrrole nitrogens is 1. The molecular weight excluding hydrogens is 600 g/mol. The zero-order chi connectivity index (χ0) is 33.4. The largest absolute Gasteiger partial charge is 0.463 e. The standard InChI is InChI=1S/C33H34N2O11/c1-15-25-13-35(11-10-23(25)16(2)29-28(15)24-12-22(42-18(4)37)8-9-26(24)34-29)33-32(45-21(7)40)31(44-20(6)39)30(43-19(5)38)27(46-33)14-41-17(3)36/h8-13,27,30-33H,14H2,1-7H3/p+1/t27-,30+,31+,32-,33-/m0/s1. The quantitative estimate of drug-likeness (QED) is 0.137. The normalized spacial score (nSPS) is 21.2. The first-order chi connectivity index (χ1) is 21.7. The van der Waals surface area contributed by atoms with Crippen molar-refractivity contribution in [1.29, 1.82) is 0 Å². The maximum absolute atomic E-state index is 12.4. The highest BCUT2D eigenvalue weighted by Crippen LogP contribution is 2.38. The number of aromatic nitrogens is 2. The number of aryl methyl sites for hydroxylation is 2. The minimum Gasteiger partial charge on any atom is -0.463 e. The molecule has 13 nitrogen and oxygen atoms in total. The van der Waals surface area contributed by atoms with Crippen molar-refractivity contribution in [2.24, 2.45) is 0 Å². The summed E-state index contributed by atoms with van der Waals surface area (Å²) in [5.41, 5.74) is 3.65. The second kappa shape index (κ2) is 12.8. The summed E-state index contributed by atoms with van der Waals surface area (Å²) in [6.07, 6.45) is -2.44. The van der Waals surface area contributed by atoms with Crippen LogP contribution in [0.1, 0.15) is 52.0 Å². The molecule has 0 spiro atoms. The number of rotatable bonds is 7. The van der Waals surface area contributed by atoms with E-state index in [0.717, 1.165) is 43.7 Å². The van der Waals surface area contributed by atoms with Crippen LogP contribution in [0.25, 0.3) is 32.6 Å². The van der Waals surface area contributed by atoms with Crippen molar-refractivity contribution in [3.8, 4) is 5.75 Å². The maximum Gasteiger partial charge on any atom is 0.308 e.